The summed E-state index contributed by atoms with van der Waals surface area (Å²) < 4.78 is 5.86. The molecule has 0 N–H and O–H groups in total. The second kappa shape index (κ2) is 5.87. The van der Waals surface area contributed by atoms with Crippen LogP contribution in [0.25, 0.3) is 10.8 Å². The molecule has 0 aliphatic carbocycles. The van der Waals surface area contributed by atoms with Crippen LogP contribution >= 0.6 is 15.9 Å². The molecule has 0 bridgehead atoms. The van der Waals surface area contributed by atoms with E-state index >= 15 is 0 Å². The van der Waals surface area contributed by atoms with Crippen molar-refractivity contribution < 1.29 is 4.74 Å². The zero-order valence-corrected chi connectivity index (χ0v) is 13.7. The number of hydrogen-bond donors (Lipinski definition) is 0. The molecule has 0 saturated carbocycles. The minimum absolute atomic E-state index is 0.375. The molecule has 1 aliphatic rings. The molecule has 3 atom stereocenters. The lowest BCUT2D eigenvalue weighted by Gasteiger charge is -2.24. The Kier molecular flexibility index (Phi) is 4.13. The highest BCUT2D eigenvalue weighted by molar-refractivity contribution is 9.09. The van der Waals surface area contributed by atoms with E-state index in [4.69, 9.17) is 4.74 Å². The van der Waals surface area contributed by atoms with E-state index in [2.05, 4.69) is 66.2 Å². The van der Waals surface area contributed by atoms with E-state index < -0.39 is 0 Å². The lowest BCUT2D eigenvalue weighted by Crippen LogP contribution is -2.19. The Hall–Kier alpha value is -0.860. The lowest BCUT2D eigenvalue weighted by atomic mass is 9.88. The van der Waals surface area contributed by atoms with Gasteiger partial charge in [0.1, 0.15) is 0 Å². The van der Waals surface area contributed by atoms with Gasteiger partial charge in [-0.3, -0.25) is 0 Å². The minimum Gasteiger partial charge on any atom is -0.378 e. The van der Waals surface area contributed by atoms with E-state index in [0.717, 1.165) is 19.4 Å². The molecule has 106 valence electrons. The van der Waals surface area contributed by atoms with E-state index in [9.17, 15) is 0 Å². The number of hydrogen-bond acceptors (Lipinski definition) is 1. The molecule has 3 unspecified atom stereocenters. The summed E-state index contributed by atoms with van der Waals surface area (Å²) in [5.41, 5.74) is 2.75. The van der Waals surface area contributed by atoms with Crippen LogP contribution in [0.1, 0.15) is 35.7 Å². The number of ether oxygens (including phenoxy) is 1. The van der Waals surface area contributed by atoms with Crippen LogP contribution in [0, 0.1) is 12.8 Å². The van der Waals surface area contributed by atoms with Gasteiger partial charge in [0.05, 0.1) is 6.10 Å². The Morgan fingerprint density at radius 2 is 1.95 bits per heavy atom. The van der Waals surface area contributed by atoms with Crippen LogP contribution in [-0.2, 0) is 4.74 Å². The van der Waals surface area contributed by atoms with Gasteiger partial charge >= 0.3 is 0 Å². The van der Waals surface area contributed by atoms with Gasteiger partial charge in [0, 0.05) is 17.4 Å². The molecule has 0 aromatic heterocycles. The first kappa shape index (κ1) is 14.1. The molecule has 2 aromatic carbocycles. The first-order chi connectivity index (χ1) is 9.72. The van der Waals surface area contributed by atoms with Crippen molar-refractivity contribution in [1.82, 2.24) is 0 Å². The van der Waals surface area contributed by atoms with Gasteiger partial charge in [0.25, 0.3) is 0 Å². The fourth-order valence-corrected chi connectivity index (χ4v) is 4.37. The normalized spacial score (nSPS) is 24.1. The van der Waals surface area contributed by atoms with Crippen LogP contribution < -0.4 is 0 Å². The van der Waals surface area contributed by atoms with Crippen molar-refractivity contribution in [2.75, 3.05) is 6.61 Å². The smallest absolute Gasteiger partial charge is 0.0615 e. The van der Waals surface area contributed by atoms with Crippen molar-refractivity contribution in [1.29, 1.82) is 0 Å². The Morgan fingerprint density at radius 3 is 2.70 bits per heavy atom. The lowest BCUT2D eigenvalue weighted by molar-refractivity contribution is 0.0873. The minimum atomic E-state index is 0.375. The molecule has 0 spiro atoms. The third-order valence-electron chi connectivity index (χ3n) is 4.51. The van der Waals surface area contributed by atoms with Gasteiger partial charge in [0.2, 0.25) is 0 Å². The van der Waals surface area contributed by atoms with Crippen LogP contribution in [0.2, 0.25) is 0 Å². The standard InChI is InChI=1S/C18H21BrO/c1-3-17-16(10-11-20-17)18(19)15-9-8-12(2)13-6-4-5-7-14(13)15/h4-9,16-18H,3,10-11H2,1-2H3. The highest BCUT2D eigenvalue weighted by Gasteiger charge is 2.33. The molecule has 1 heterocycles. The molecule has 1 saturated heterocycles. The zero-order chi connectivity index (χ0) is 14.1. The molecule has 2 aromatic rings. The van der Waals surface area contributed by atoms with Crippen molar-refractivity contribution in [3.8, 4) is 0 Å². The largest absolute Gasteiger partial charge is 0.378 e. The fraction of sp³-hybridized carbons (Fsp3) is 0.444. The van der Waals surface area contributed by atoms with Crippen molar-refractivity contribution >= 4 is 26.7 Å². The van der Waals surface area contributed by atoms with Crippen LogP contribution in [-0.4, -0.2) is 12.7 Å². The molecular formula is C18H21BrO. The third kappa shape index (κ3) is 2.40. The molecule has 1 nitrogen and oxygen atoms in total. The third-order valence-corrected chi connectivity index (χ3v) is 5.68. The number of rotatable bonds is 3. The number of fused-ring (bicyclic) bond motifs is 1. The maximum Gasteiger partial charge on any atom is 0.0615 e. The summed E-state index contributed by atoms with van der Waals surface area (Å²) in [5, 5.41) is 2.73. The predicted molar refractivity (Wildman–Crippen MR) is 88.5 cm³/mol. The van der Waals surface area contributed by atoms with Gasteiger partial charge in [-0.2, -0.15) is 0 Å². The monoisotopic (exact) mass is 332 g/mol. The highest BCUT2D eigenvalue weighted by Crippen LogP contribution is 2.43. The maximum atomic E-state index is 5.86. The number of aryl methyl sites for hydroxylation is 1. The number of benzene rings is 2. The summed E-state index contributed by atoms with van der Waals surface area (Å²) >= 11 is 3.96. The van der Waals surface area contributed by atoms with Gasteiger partial charge in [-0.05, 0) is 41.7 Å². The van der Waals surface area contributed by atoms with Gasteiger partial charge in [-0.25, -0.2) is 0 Å². The Balaban J connectivity index is 2.04. The molecule has 1 fully saturated rings. The SMILES string of the molecule is CCC1OCCC1C(Br)c1ccc(C)c2ccccc12. The Morgan fingerprint density at radius 1 is 1.20 bits per heavy atom. The Labute approximate surface area is 129 Å². The van der Waals surface area contributed by atoms with Crippen molar-refractivity contribution in [2.24, 2.45) is 5.92 Å². The van der Waals surface area contributed by atoms with Gasteiger partial charge < -0.3 is 4.74 Å². The summed E-state index contributed by atoms with van der Waals surface area (Å²) in [6, 6.07) is 13.2. The van der Waals surface area contributed by atoms with E-state index in [1.54, 1.807) is 0 Å². The summed E-state index contributed by atoms with van der Waals surface area (Å²) in [7, 11) is 0. The van der Waals surface area contributed by atoms with E-state index in [0.29, 0.717) is 16.8 Å². The highest BCUT2D eigenvalue weighted by atomic mass is 79.9. The molecule has 3 rings (SSSR count). The average molecular weight is 333 g/mol. The zero-order valence-electron chi connectivity index (χ0n) is 12.1. The van der Waals surface area contributed by atoms with E-state index in [-0.39, 0.29) is 0 Å². The summed E-state index contributed by atoms with van der Waals surface area (Å²) in [6.07, 6.45) is 2.63. The fourth-order valence-electron chi connectivity index (χ4n) is 3.36. The molecule has 1 aliphatic heterocycles. The average Bonchev–Trinajstić information content (AvgIpc) is 2.96. The molecule has 0 radical (unpaired) electrons. The van der Waals surface area contributed by atoms with E-state index in [1.165, 1.54) is 21.9 Å². The number of alkyl halides is 1. The van der Waals surface area contributed by atoms with Crippen molar-refractivity contribution in [3.05, 3.63) is 47.5 Å². The second-order valence-corrected chi connectivity index (χ2v) is 6.68. The topological polar surface area (TPSA) is 9.23 Å². The predicted octanol–water partition coefficient (Wildman–Crippen LogP) is 5.40. The maximum absolute atomic E-state index is 5.86. The van der Waals surface area contributed by atoms with Crippen LogP contribution in [0.5, 0.6) is 0 Å². The summed E-state index contributed by atoms with van der Waals surface area (Å²) in [6.45, 7) is 5.30. The second-order valence-electron chi connectivity index (χ2n) is 5.69. The van der Waals surface area contributed by atoms with Crippen molar-refractivity contribution in [3.63, 3.8) is 0 Å². The van der Waals surface area contributed by atoms with Crippen molar-refractivity contribution in [2.45, 2.75) is 37.6 Å². The first-order valence-corrected chi connectivity index (χ1v) is 8.38. The van der Waals surface area contributed by atoms with Crippen LogP contribution in [0.4, 0.5) is 0 Å². The van der Waals surface area contributed by atoms with Crippen LogP contribution in [0.3, 0.4) is 0 Å². The molecular weight excluding hydrogens is 312 g/mol. The molecule has 0 amide bonds. The summed E-state index contributed by atoms with van der Waals surface area (Å²) in [4.78, 5) is 0.375. The number of halogens is 1. The van der Waals surface area contributed by atoms with Gasteiger partial charge in [-0.1, -0.05) is 59.3 Å². The summed E-state index contributed by atoms with van der Waals surface area (Å²) in [5.74, 6) is 0.575. The Bertz CT molecular complexity index is 607. The molecule has 2 heteroatoms. The van der Waals surface area contributed by atoms with Gasteiger partial charge in [0.15, 0.2) is 0 Å². The van der Waals surface area contributed by atoms with Gasteiger partial charge in [-0.15, -0.1) is 0 Å². The first-order valence-electron chi connectivity index (χ1n) is 7.46. The van der Waals surface area contributed by atoms with E-state index in [1.807, 2.05) is 0 Å². The molecule has 20 heavy (non-hydrogen) atoms. The quantitative estimate of drug-likeness (QED) is 0.684. The van der Waals surface area contributed by atoms with Crippen LogP contribution in [0.15, 0.2) is 36.4 Å².